The molecule has 50 heavy (non-hydrogen) atoms. The van der Waals surface area contributed by atoms with Crippen molar-refractivity contribution >= 4 is 83.0 Å². The molecule has 0 aliphatic carbocycles. The van der Waals surface area contributed by atoms with E-state index < -0.39 is 15.4 Å². The Hall–Kier alpha value is -4.60. The SMILES string of the molecule is CC(=O)C1(C)Oc2ccc(Br)cc2CC1=O.CCC(C)(CC)Oc1ccc(Br)cc1[N+](=O)[O-].O=C=O.O=C=O.O=[N+]([O-])c1cc(Br)ccc1O. The Kier molecular flexibility index (Phi) is 19.5. The third kappa shape index (κ3) is 14.1. The molecule has 1 unspecified atom stereocenters. The van der Waals surface area contributed by atoms with E-state index in [1.807, 2.05) is 32.9 Å². The molecule has 4 rings (SSSR count). The number of phenols is 1. The van der Waals surface area contributed by atoms with E-state index in [9.17, 15) is 29.8 Å². The van der Waals surface area contributed by atoms with Crippen LogP contribution >= 0.6 is 47.8 Å². The summed E-state index contributed by atoms with van der Waals surface area (Å²) in [4.78, 5) is 75.9. The summed E-state index contributed by atoms with van der Waals surface area (Å²) in [6, 6.07) is 14.3. The van der Waals surface area contributed by atoms with Crippen LogP contribution in [0, 0.1) is 20.2 Å². The number of nitrogens with zero attached hydrogens (tertiary/aromatic N) is 2. The molecule has 3 aromatic carbocycles. The standard InChI is InChI=1S/C12H16BrNO3.C12H11BrO3.C6H4BrNO3.2CO2/c1-4-12(3,5-2)17-11-7-6-9(13)8-10(11)14(15)16;1-7(14)12(2)11(15)6-8-5-9(13)3-4-10(8)16-12;7-4-1-2-6(9)5(3-4)8(10)11;2*2-1-3/h6-8H,4-5H2,1-3H3;3-5H,6H2,1-2H3;1-3,9H;;. The average Bonchev–Trinajstić information content (AvgIpc) is 3.05. The summed E-state index contributed by atoms with van der Waals surface area (Å²) in [7, 11) is 0. The number of benzene rings is 3. The number of ether oxygens (including phenoxy) is 2. The van der Waals surface area contributed by atoms with E-state index in [2.05, 4.69) is 47.8 Å². The molecule has 0 fully saturated rings. The van der Waals surface area contributed by atoms with E-state index in [0.717, 1.165) is 22.9 Å². The maximum Gasteiger partial charge on any atom is 0.373 e. The summed E-state index contributed by atoms with van der Waals surface area (Å²) in [5.74, 6) is 0.166. The maximum absolute atomic E-state index is 11.9. The summed E-state index contributed by atoms with van der Waals surface area (Å²) >= 11 is 9.60. The first-order valence-corrected chi connectivity index (χ1v) is 16.4. The zero-order chi connectivity index (χ0) is 38.8. The number of phenolic OH excluding ortho intramolecular Hbond substituents is 1. The van der Waals surface area contributed by atoms with Gasteiger partial charge in [0.2, 0.25) is 5.60 Å². The molecule has 0 radical (unpaired) electrons. The number of rotatable bonds is 7. The Bertz CT molecular complexity index is 1740. The normalized spacial score (nSPS) is 13.8. The van der Waals surface area contributed by atoms with Gasteiger partial charge in [-0.3, -0.25) is 29.8 Å². The van der Waals surface area contributed by atoms with Crippen LogP contribution in [0.15, 0.2) is 68.0 Å². The lowest BCUT2D eigenvalue weighted by Gasteiger charge is -2.32. The first-order chi connectivity index (χ1) is 23.3. The van der Waals surface area contributed by atoms with Gasteiger partial charge >= 0.3 is 23.7 Å². The van der Waals surface area contributed by atoms with Crippen molar-refractivity contribution in [3.05, 3.63) is 93.8 Å². The van der Waals surface area contributed by atoms with E-state index in [1.165, 1.54) is 38.1 Å². The van der Waals surface area contributed by atoms with Crippen molar-refractivity contribution < 1.29 is 53.2 Å². The number of carbonyl (C=O) groups excluding carboxylic acids is 6. The quantitative estimate of drug-likeness (QED) is 0.138. The Morgan fingerprint density at radius 1 is 0.900 bits per heavy atom. The largest absolute Gasteiger partial charge is 0.502 e. The summed E-state index contributed by atoms with van der Waals surface area (Å²) in [6.45, 7) is 8.88. The number of aromatic hydroxyl groups is 1. The number of nitro groups is 2. The third-order valence-electron chi connectivity index (χ3n) is 7.00. The highest BCUT2D eigenvalue weighted by Crippen LogP contribution is 2.35. The average molecular weight is 891 g/mol. The Balaban J connectivity index is 0.000000677. The Morgan fingerprint density at radius 3 is 1.78 bits per heavy atom. The van der Waals surface area contributed by atoms with E-state index in [-0.39, 0.29) is 53.0 Å². The van der Waals surface area contributed by atoms with Crippen LogP contribution in [-0.2, 0) is 35.2 Å². The number of halogens is 3. The maximum atomic E-state index is 11.9. The molecule has 0 spiro atoms. The minimum absolute atomic E-state index is 0.00694. The van der Waals surface area contributed by atoms with Crippen molar-refractivity contribution in [2.75, 3.05) is 0 Å². The van der Waals surface area contributed by atoms with Crippen molar-refractivity contribution in [1.29, 1.82) is 0 Å². The molecular weight excluding hydrogens is 860 g/mol. The lowest BCUT2D eigenvalue weighted by Crippen LogP contribution is -2.51. The molecular formula is C32H31Br3N2O13. The molecule has 1 N–H and O–H groups in total. The van der Waals surface area contributed by atoms with Gasteiger partial charge in [-0.25, -0.2) is 0 Å². The number of ketones is 2. The second-order valence-electron chi connectivity index (χ2n) is 10.2. The zero-order valence-corrected chi connectivity index (χ0v) is 31.9. The van der Waals surface area contributed by atoms with Crippen LogP contribution in [0.3, 0.4) is 0 Å². The zero-order valence-electron chi connectivity index (χ0n) is 27.2. The number of carbonyl (C=O) groups is 2. The van der Waals surface area contributed by atoms with Gasteiger partial charge in [-0.15, -0.1) is 0 Å². The van der Waals surface area contributed by atoms with Gasteiger partial charge in [0, 0.05) is 37.5 Å². The Morgan fingerprint density at radius 2 is 1.34 bits per heavy atom. The summed E-state index contributed by atoms with van der Waals surface area (Å²) in [5, 5.41) is 30.1. The van der Waals surface area contributed by atoms with E-state index in [0.29, 0.717) is 20.4 Å². The summed E-state index contributed by atoms with van der Waals surface area (Å²) in [6.07, 6.45) is 2.35. The predicted octanol–water partition coefficient (Wildman–Crippen LogP) is 7.51. The monoisotopic (exact) mass is 888 g/mol. The molecule has 3 aromatic rings. The van der Waals surface area contributed by atoms with Gasteiger partial charge in [-0.05, 0) is 76.1 Å². The van der Waals surface area contributed by atoms with Crippen molar-refractivity contribution in [2.24, 2.45) is 0 Å². The molecule has 18 heteroatoms. The topological polar surface area (TPSA) is 227 Å². The van der Waals surface area contributed by atoms with Crippen LogP contribution in [0.25, 0.3) is 0 Å². The highest BCUT2D eigenvalue weighted by molar-refractivity contribution is 9.11. The number of nitro benzene ring substituents is 2. The molecule has 1 aliphatic heterocycles. The van der Waals surface area contributed by atoms with Gasteiger partial charge in [0.05, 0.1) is 9.85 Å². The minimum Gasteiger partial charge on any atom is -0.502 e. The molecule has 0 aromatic heterocycles. The minimum atomic E-state index is -1.32. The van der Waals surface area contributed by atoms with Crippen LogP contribution in [0.4, 0.5) is 11.4 Å². The molecule has 0 saturated heterocycles. The number of fused-ring (bicyclic) bond motifs is 1. The molecule has 0 bridgehead atoms. The van der Waals surface area contributed by atoms with Crippen molar-refractivity contribution in [2.45, 2.75) is 65.1 Å². The van der Waals surface area contributed by atoms with Gasteiger partial charge in [0.15, 0.2) is 23.1 Å². The van der Waals surface area contributed by atoms with Crippen LogP contribution < -0.4 is 9.47 Å². The van der Waals surface area contributed by atoms with Crippen LogP contribution in [0.2, 0.25) is 0 Å². The highest BCUT2D eigenvalue weighted by atomic mass is 79.9. The van der Waals surface area contributed by atoms with Crippen molar-refractivity contribution in [1.82, 2.24) is 0 Å². The van der Waals surface area contributed by atoms with Gasteiger partial charge in [-0.2, -0.15) is 19.2 Å². The van der Waals surface area contributed by atoms with Crippen molar-refractivity contribution in [3.63, 3.8) is 0 Å². The second-order valence-corrected chi connectivity index (χ2v) is 13.0. The van der Waals surface area contributed by atoms with E-state index >= 15 is 0 Å². The molecule has 268 valence electrons. The lowest BCUT2D eigenvalue weighted by molar-refractivity contribution is -0.386. The van der Waals surface area contributed by atoms with Gasteiger partial charge in [-0.1, -0.05) is 61.6 Å². The first kappa shape index (κ1) is 45.4. The molecule has 0 amide bonds. The third-order valence-corrected chi connectivity index (χ3v) is 8.48. The fraction of sp³-hybridized carbons (Fsp3) is 0.312. The fourth-order valence-corrected chi connectivity index (χ4v) is 4.80. The predicted molar refractivity (Wildman–Crippen MR) is 185 cm³/mol. The summed E-state index contributed by atoms with van der Waals surface area (Å²) < 4.78 is 13.5. The summed E-state index contributed by atoms with van der Waals surface area (Å²) in [5.41, 5.74) is -1.16. The van der Waals surface area contributed by atoms with Crippen LogP contribution in [-0.4, -0.2) is 50.0 Å². The molecule has 1 aliphatic rings. The van der Waals surface area contributed by atoms with E-state index in [4.69, 9.17) is 33.8 Å². The van der Waals surface area contributed by atoms with E-state index in [1.54, 1.807) is 18.2 Å². The number of hydrogen-bond acceptors (Lipinski definition) is 13. The van der Waals surface area contributed by atoms with Gasteiger partial charge in [0.25, 0.3) is 0 Å². The smallest absolute Gasteiger partial charge is 0.373 e. The van der Waals surface area contributed by atoms with Crippen LogP contribution in [0.5, 0.6) is 17.2 Å². The van der Waals surface area contributed by atoms with Crippen LogP contribution in [0.1, 0.15) is 53.0 Å². The van der Waals surface area contributed by atoms with Crippen molar-refractivity contribution in [3.8, 4) is 17.2 Å². The first-order valence-electron chi connectivity index (χ1n) is 14.1. The van der Waals surface area contributed by atoms with Gasteiger partial charge in [0.1, 0.15) is 11.4 Å². The number of hydrogen-bond donors (Lipinski definition) is 1. The molecule has 1 heterocycles. The van der Waals surface area contributed by atoms with Gasteiger partial charge < -0.3 is 14.6 Å². The fourth-order valence-electron chi connectivity index (χ4n) is 3.69. The second kappa shape index (κ2) is 21.5. The Labute approximate surface area is 311 Å². The molecule has 0 saturated carbocycles. The molecule has 15 nitrogen and oxygen atoms in total. The molecule has 1 atom stereocenters. The number of Topliss-reactive ketones (excluding diaryl/α,β-unsaturated/α-hetero) is 2. The highest BCUT2D eigenvalue weighted by Gasteiger charge is 2.44. The lowest BCUT2D eigenvalue weighted by atomic mass is 9.88.